The summed E-state index contributed by atoms with van der Waals surface area (Å²) in [5, 5.41) is 21.9. The van der Waals surface area contributed by atoms with E-state index in [1.165, 1.54) is 18.2 Å². The maximum Gasteiger partial charge on any atom is 0.271 e. The first kappa shape index (κ1) is 33.0. The van der Waals surface area contributed by atoms with Crippen molar-refractivity contribution in [1.29, 1.82) is 0 Å². The Balaban J connectivity index is 1.21. The minimum Gasteiger partial charge on any atom is -0.507 e. The van der Waals surface area contributed by atoms with Crippen LogP contribution >= 0.6 is 0 Å². The maximum absolute atomic E-state index is 14.1. The number of imide groups is 1. The molecular formula is C41H38N2O7. The molecule has 7 rings (SSSR count). The molecule has 4 aromatic carbocycles. The van der Waals surface area contributed by atoms with Gasteiger partial charge in [-0.3, -0.25) is 19.7 Å². The van der Waals surface area contributed by atoms with Crippen LogP contribution < -0.4 is 9.64 Å². The summed E-state index contributed by atoms with van der Waals surface area (Å²) in [4.78, 5) is 40.2. The number of carbonyl (C=O) groups is 2. The highest BCUT2D eigenvalue weighted by molar-refractivity contribution is 6.22. The number of fused-ring (bicyclic) bond motifs is 3. The van der Waals surface area contributed by atoms with E-state index in [0.717, 1.165) is 43.9 Å². The predicted octanol–water partition coefficient (Wildman–Crippen LogP) is 7.84. The Morgan fingerprint density at radius 3 is 2.34 bits per heavy atom. The number of benzene rings is 4. The van der Waals surface area contributed by atoms with Crippen molar-refractivity contribution in [2.45, 2.75) is 39.2 Å². The number of allylic oxidation sites excluding steroid dienone is 1. The molecule has 4 aromatic rings. The Hall–Kier alpha value is -5.54. The molecule has 2 aliphatic heterocycles. The third kappa shape index (κ3) is 6.32. The highest BCUT2D eigenvalue weighted by Crippen LogP contribution is 2.51. The monoisotopic (exact) mass is 670 g/mol. The number of anilines is 1. The van der Waals surface area contributed by atoms with E-state index < -0.39 is 16.8 Å². The number of hydrogen-bond donors (Lipinski definition) is 1. The number of nitro benzene ring substituents is 1. The van der Waals surface area contributed by atoms with E-state index in [-0.39, 0.29) is 41.8 Å². The number of carbonyl (C=O) groups excluding carboxylic acids is 2. The van der Waals surface area contributed by atoms with Crippen LogP contribution in [0, 0.1) is 41.7 Å². The van der Waals surface area contributed by atoms with Crippen molar-refractivity contribution in [2.24, 2.45) is 17.8 Å². The fourth-order valence-electron chi connectivity index (χ4n) is 7.81. The van der Waals surface area contributed by atoms with Gasteiger partial charge in [-0.1, -0.05) is 60.7 Å². The average Bonchev–Trinajstić information content (AvgIpc) is 3.66. The lowest BCUT2D eigenvalue weighted by Gasteiger charge is -2.31. The standard InChI is InChI=1S/C41H38N2O7/c1-25-18-27(19-26(2)39(25)44)20-29(28-10-5-3-6-11-28)16-17-36-37-30(23-49-33-14-7-4-8-15-33)21-34-38(35(37)24-50-36)41(46)42(40(34)45)31-12-9-13-32(22-31)43(47)48/h3-15,18-20,22,34-36,38,44H,16-17,21,23-24H2,1-2H3/b29-20-/t34-,35+,36-,38-/m1/s1. The lowest BCUT2D eigenvalue weighted by atomic mass is 9.69. The maximum atomic E-state index is 14.1. The van der Waals surface area contributed by atoms with Crippen LogP contribution in [0.15, 0.2) is 108 Å². The molecule has 0 aromatic heterocycles. The first-order chi connectivity index (χ1) is 24.2. The fourth-order valence-corrected chi connectivity index (χ4v) is 7.81. The molecule has 0 radical (unpaired) electrons. The van der Waals surface area contributed by atoms with Gasteiger partial charge in [0.15, 0.2) is 0 Å². The van der Waals surface area contributed by atoms with E-state index in [1.54, 1.807) is 6.07 Å². The van der Waals surface area contributed by atoms with Crippen LogP contribution in [0.3, 0.4) is 0 Å². The van der Waals surface area contributed by atoms with Crippen molar-refractivity contribution < 1.29 is 29.1 Å². The van der Waals surface area contributed by atoms with Crippen molar-refractivity contribution >= 4 is 34.8 Å². The van der Waals surface area contributed by atoms with E-state index in [4.69, 9.17) is 9.47 Å². The van der Waals surface area contributed by atoms with Gasteiger partial charge >= 0.3 is 0 Å². The molecule has 3 aliphatic rings. The lowest BCUT2D eigenvalue weighted by molar-refractivity contribution is -0.384. The summed E-state index contributed by atoms with van der Waals surface area (Å²) >= 11 is 0. The largest absolute Gasteiger partial charge is 0.507 e. The Kier molecular flexibility index (Phi) is 9.08. The molecule has 2 heterocycles. The van der Waals surface area contributed by atoms with Gasteiger partial charge in [-0.05, 0) is 102 Å². The molecule has 0 spiro atoms. The molecule has 9 nitrogen and oxygen atoms in total. The second kappa shape index (κ2) is 13.8. The molecule has 4 atom stereocenters. The van der Waals surface area contributed by atoms with Crippen LogP contribution in [0.2, 0.25) is 0 Å². The molecule has 1 N–H and O–H groups in total. The van der Waals surface area contributed by atoms with Crippen LogP contribution in [0.5, 0.6) is 11.5 Å². The number of nitro groups is 1. The van der Waals surface area contributed by atoms with Crippen LogP contribution in [0.25, 0.3) is 11.6 Å². The van der Waals surface area contributed by atoms with Gasteiger partial charge in [0.05, 0.1) is 35.2 Å². The number of amides is 2. The lowest BCUT2D eigenvalue weighted by Crippen LogP contribution is -2.35. The molecule has 2 fully saturated rings. The van der Waals surface area contributed by atoms with E-state index in [9.17, 15) is 24.8 Å². The van der Waals surface area contributed by atoms with Gasteiger partial charge < -0.3 is 14.6 Å². The minimum absolute atomic E-state index is 0.183. The molecule has 50 heavy (non-hydrogen) atoms. The zero-order chi connectivity index (χ0) is 34.9. The average molecular weight is 671 g/mol. The van der Waals surface area contributed by atoms with Gasteiger partial charge in [0.1, 0.15) is 18.1 Å². The zero-order valence-electron chi connectivity index (χ0n) is 28.0. The Bertz CT molecular complexity index is 2000. The van der Waals surface area contributed by atoms with Crippen molar-refractivity contribution in [3.8, 4) is 11.5 Å². The SMILES string of the molecule is Cc1cc(/C=C(/CC[C@H]2OC[C@H]3C2=C(COc2ccccc2)C[C@H]2C(=O)N(c4cccc([N+](=O)[O-])c4)C(=O)[C@H]23)c2ccccc2)cc(C)c1O. The van der Waals surface area contributed by atoms with Crippen molar-refractivity contribution in [2.75, 3.05) is 18.1 Å². The summed E-state index contributed by atoms with van der Waals surface area (Å²) in [6.07, 6.45) is 3.53. The molecule has 9 heteroatoms. The van der Waals surface area contributed by atoms with Crippen molar-refractivity contribution in [3.05, 3.63) is 141 Å². The Morgan fingerprint density at radius 2 is 1.64 bits per heavy atom. The quantitative estimate of drug-likeness (QED) is 0.0600. The first-order valence-electron chi connectivity index (χ1n) is 16.9. The van der Waals surface area contributed by atoms with Crippen LogP contribution in [-0.2, 0) is 14.3 Å². The van der Waals surface area contributed by atoms with Gasteiger partial charge in [-0.2, -0.15) is 0 Å². The summed E-state index contributed by atoms with van der Waals surface area (Å²) in [7, 11) is 0. The molecule has 0 unspecified atom stereocenters. The van der Waals surface area contributed by atoms with E-state index >= 15 is 0 Å². The molecule has 2 saturated heterocycles. The number of hydrogen-bond acceptors (Lipinski definition) is 7. The normalized spacial score (nSPS) is 21.7. The third-order valence-corrected chi connectivity index (χ3v) is 10.1. The molecule has 2 amide bonds. The summed E-state index contributed by atoms with van der Waals surface area (Å²) in [6, 6.07) is 29.3. The smallest absolute Gasteiger partial charge is 0.271 e. The van der Waals surface area contributed by atoms with Crippen LogP contribution in [-0.4, -0.2) is 41.2 Å². The molecule has 1 aliphatic carbocycles. The van der Waals surface area contributed by atoms with Crippen molar-refractivity contribution in [3.63, 3.8) is 0 Å². The molecular weight excluding hydrogens is 632 g/mol. The van der Waals surface area contributed by atoms with Gasteiger partial charge in [-0.25, -0.2) is 4.90 Å². The molecule has 0 saturated carbocycles. The summed E-state index contributed by atoms with van der Waals surface area (Å²) in [5.74, 6) is -1.27. The number of ether oxygens (including phenoxy) is 2. The highest BCUT2D eigenvalue weighted by atomic mass is 16.6. The number of nitrogens with zero attached hydrogens (tertiary/aromatic N) is 2. The number of phenolic OH excluding ortho intramolecular Hbond substituents is 1. The van der Waals surface area contributed by atoms with E-state index in [2.05, 4.69) is 18.2 Å². The number of non-ortho nitro benzene ring substituents is 1. The number of phenols is 1. The fraction of sp³-hybridized carbons (Fsp3) is 0.268. The van der Waals surface area contributed by atoms with Gasteiger partial charge in [0.2, 0.25) is 11.8 Å². The Morgan fingerprint density at radius 1 is 0.940 bits per heavy atom. The number of aryl methyl sites for hydroxylation is 2. The minimum atomic E-state index is -0.630. The third-order valence-electron chi connectivity index (χ3n) is 10.1. The Labute approximate surface area is 290 Å². The topological polar surface area (TPSA) is 119 Å². The first-order valence-corrected chi connectivity index (χ1v) is 16.9. The number of para-hydroxylation sites is 1. The number of rotatable bonds is 10. The van der Waals surface area contributed by atoms with Gasteiger partial charge in [0.25, 0.3) is 5.69 Å². The van der Waals surface area contributed by atoms with Gasteiger partial charge in [0, 0.05) is 18.1 Å². The second-order valence-electron chi connectivity index (χ2n) is 13.3. The van der Waals surface area contributed by atoms with E-state index in [0.29, 0.717) is 37.4 Å². The van der Waals surface area contributed by atoms with Crippen LogP contribution in [0.1, 0.15) is 41.5 Å². The summed E-state index contributed by atoms with van der Waals surface area (Å²) in [5.41, 5.74) is 6.82. The van der Waals surface area contributed by atoms with Gasteiger partial charge in [-0.15, -0.1) is 0 Å². The predicted molar refractivity (Wildman–Crippen MR) is 191 cm³/mol. The molecule has 254 valence electrons. The zero-order valence-corrected chi connectivity index (χ0v) is 28.0. The van der Waals surface area contributed by atoms with Crippen LogP contribution in [0.4, 0.5) is 11.4 Å². The van der Waals surface area contributed by atoms with Crippen molar-refractivity contribution in [1.82, 2.24) is 0 Å². The summed E-state index contributed by atoms with van der Waals surface area (Å²) < 4.78 is 12.8. The molecule has 0 bridgehead atoms. The highest BCUT2D eigenvalue weighted by Gasteiger charge is 2.57. The second-order valence-corrected chi connectivity index (χ2v) is 13.3. The van der Waals surface area contributed by atoms with E-state index in [1.807, 2.05) is 74.5 Å². The number of aromatic hydroxyl groups is 1. The summed E-state index contributed by atoms with van der Waals surface area (Å²) in [6.45, 7) is 4.33.